The maximum atomic E-state index is 5.59. The smallest absolute Gasteiger partial charge is 0.213 e. The van der Waals surface area contributed by atoms with Gasteiger partial charge in [0.05, 0.1) is 6.61 Å². The van der Waals surface area contributed by atoms with Gasteiger partial charge in [0.15, 0.2) is 0 Å². The Morgan fingerprint density at radius 2 is 2.12 bits per heavy atom. The summed E-state index contributed by atoms with van der Waals surface area (Å²) in [5, 5.41) is 0. The lowest BCUT2D eigenvalue weighted by molar-refractivity contribution is 0.273. The molecule has 0 aliphatic rings. The molecule has 1 aromatic rings. The van der Waals surface area contributed by atoms with E-state index < -0.39 is 0 Å². The molecule has 1 aromatic heterocycles. The first-order valence-corrected chi connectivity index (χ1v) is 6.37. The third kappa shape index (κ3) is 5.18. The van der Waals surface area contributed by atoms with Crippen molar-refractivity contribution in [1.29, 1.82) is 0 Å². The number of nitrogens with zero attached hydrogens (tertiary/aromatic N) is 2. The Morgan fingerprint density at radius 1 is 1.35 bits per heavy atom. The normalized spacial score (nSPS) is 12.8. The molecule has 1 heterocycles. The Balaban J connectivity index is 2.35. The van der Waals surface area contributed by atoms with Gasteiger partial charge in [-0.15, -0.1) is 0 Å². The van der Waals surface area contributed by atoms with Crippen molar-refractivity contribution in [2.45, 2.75) is 32.6 Å². The van der Waals surface area contributed by atoms with Crippen LogP contribution in [0.1, 0.15) is 38.2 Å². The zero-order valence-corrected chi connectivity index (χ0v) is 11.4. The van der Waals surface area contributed by atoms with Gasteiger partial charge in [0.25, 0.3) is 0 Å². The summed E-state index contributed by atoms with van der Waals surface area (Å²) in [6.45, 7) is 6.18. The minimum Gasteiger partial charge on any atom is -0.478 e. The van der Waals surface area contributed by atoms with Crippen molar-refractivity contribution < 1.29 is 4.74 Å². The third-order valence-corrected chi connectivity index (χ3v) is 2.94. The van der Waals surface area contributed by atoms with Crippen LogP contribution in [0.15, 0.2) is 18.3 Å². The van der Waals surface area contributed by atoms with Crippen LogP contribution < -0.4 is 4.74 Å². The fourth-order valence-electron chi connectivity index (χ4n) is 1.56. The average Bonchev–Trinajstić information content (AvgIpc) is 2.34. The van der Waals surface area contributed by atoms with E-state index in [0.29, 0.717) is 5.92 Å². The van der Waals surface area contributed by atoms with Gasteiger partial charge < -0.3 is 9.64 Å². The highest BCUT2D eigenvalue weighted by Gasteiger charge is 2.03. The van der Waals surface area contributed by atoms with Gasteiger partial charge in [-0.05, 0) is 38.4 Å². The van der Waals surface area contributed by atoms with Crippen LogP contribution >= 0.6 is 0 Å². The van der Waals surface area contributed by atoms with Gasteiger partial charge in [-0.2, -0.15) is 0 Å². The Kier molecular flexibility index (Phi) is 5.98. The lowest BCUT2D eigenvalue weighted by atomic mass is 10.0. The number of hydrogen-bond donors (Lipinski definition) is 0. The number of rotatable bonds is 7. The van der Waals surface area contributed by atoms with Crippen molar-refractivity contribution in [2.24, 2.45) is 0 Å². The average molecular weight is 236 g/mol. The highest BCUT2D eigenvalue weighted by Crippen LogP contribution is 2.19. The van der Waals surface area contributed by atoms with Crippen molar-refractivity contribution in [1.82, 2.24) is 9.88 Å². The van der Waals surface area contributed by atoms with Crippen LogP contribution in [-0.4, -0.2) is 37.1 Å². The van der Waals surface area contributed by atoms with E-state index in [1.165, 1.54) is 5.56 Å². The van der Waals surface area contributed by atoms with Crippen LogP contribution in [0.4, 0.5) is 0 Å². The first-order valence-electron chi connectivity index (χ1n) is 6.37. The van der Waals surface area contributed by atoms with E-state index in [9.17, 15) is 0 Å². The minimum atomic E-state index is 0.574. The van der Waals surface area contributed by atoms with Gasteiger partial charge in [0.2, 0.25) is 5.88 Å². The van der Waals surface area contributed by atoms with E-state index >= 15 is 0 Å². The molecule has 0 radical (unpaired) electrons. The zero-order valence-electron chi connectivity index (χ0n) is 11.4. The predicted octanol–water partition coefficient (Wildman–Crippen LogP) is 2.93. The van der Waals surface area contributed by atoms with Crippen LogP contribution in [0, 0.1) is 0 Å². The molecule has 0 N–H and O–H groups in total. The van der Waals surface area contributed by atoms with Crippen molar-refractivity contribution in [3.05, 3.63) is 23.9 Å². The molecule has 1 rings (SSSR count). The second-order valence-electron chi connectivity index (χ2n) is 4.74. The second kappa shape index (κ2) is 7.28. The predicted molar refractivity (Wildman–Crippen MR) is 71.6 cm³/mol. The summed E-state index contributed by atoms with van der Waals surface area (Å²) >= 11 is 0. The second-order valence-corrected chi connectivity index (χ2v) is 4.74. The highest BCUT2D eigenvalue weighted by molar-refractivity contribution is 5.20. The molecule has 0 saturated carbocycles. The summed E-state index contributed by atoms with van der Waals surface area (Å²) in [5.41, 5.74) is 1.29. The summed E-state index contributed by atoms with van der Waals surface area (Å²) in [5.74, 6) is 1.31. The SMILES string of the molecule is CCC(C)c1ccc(OCCCN(C)C)nc1. The molecule has 3 nitrogen and oxygen atoms in total. The maximum absolute atomic E-state index is 5.59. The first-order chi connectivity index (χ1) is 8.13. The molecule has 0 aromatic carbocycles. The van der Waals surface area contributed by atoms with Gasteiger partial charge in [-0.25, -0.2) is 4.98 Å². The van der Waals surface area contributed by atoms with E-state index in [-0.39, 0.29) is 0 Å². The largest absolute Gasteiger partial charge is 0.478 e. The molecule has 17 heavy (non-hydrogen) atoms. The van der Waals surface area contributed by atoms with Crippen molar-refractivity contribution in [2.75, 3.05) is 27.2 Å². The van der Waals surface area contributed by atoms with Gasteiger partial charge in [0.1, 0.15) is 0 Å². The fraction of sp³-hybridized carbons (Fsp3) is 0.643. The summed E-state index contributed by atoms with van der Waals surface area (Å²) in [6, 6.07) is 4.08. The molecule has 1 unspecified atom stereocenters. The van der Waals surface area contributed by atoms with E-state index in [2.05, 4.69) is 43.9 Å². The standard InChI is InChI=1S/C14H24N2O/c1-5-12(2)13-7-8-14(15-11-13)17-10-6-9-16(3)4/h7-8,11-12H,5-6,9-10H2,1-4H3. The summed E-state index contributed by atoms with van der Waals surface area (Å²) in [4.78, 5) is 6.48. The van der Waals surface area contributed by atoms with Gasteiger partial charge in [-0.1, -0.05) is 19.9 Å². The topological polar surface area (TPSA) is 25.4 Å². The van der Waals surface area contributed by atoms with Gasteiger partial charge in [-0.3, -0.25) is 0 Å². The first kappa shape index (κ1) is 14.0. The molecule has 0 spiro atoms. The summed E-state index contributed by atoms with van der Waals surface area (Å²) in [6.07, 6.45) is 4.10. The molecule has 0 aliphatic heterocycles. The van der Waals surface area contributed by atoms with Crippen LogP contribution in [0.3, 0.4) is 0 Å². The van der Waals surface area contributed by atoms with E-state index in [4.69, 9.17) is 4.74 Å². The number of ether oxygens (including phenoxy) is 1. The Hall–Kier alpha value is -1.09. The van der Waals surface area contributed by atoms with Crippen molar-refractivity contribution >= 4 is 0 Å². The van der Waals surface area contributed by atoms with E-state index in [1.54, 1.807) is 0 Å². The Labute approximate surface area is 105 Å². The number of pyridine rings is 1. The number of hydrogen-bond acceptors (Lipinski definition) is 3. The van der Waals surface area contributed by atoms with Crippen LogP contribution in [0.25, 0.3) is 0 Å². The van der Waals surface area contributed by atoms with Gasteiger partial charge >= 0.3 is 0 Å². The molecule has 1 atom stereocenters. The maximum Gasteiger partial charge on any atom is 0.213 e. The molecule has 0 bridgehead atoms. The fourth-order valence-corrected chi connectivity index (χ4v) is 1.56. The Bertz CT molecular complexity index is 309. The Morgan fingerprint density at radius 3 is 2.65 bits per heavy atom. The molecule has 0 fully saturated rings. The summed E-state index contributed by atoms with van der Waals surface area (Å²) in [7, 11) is 4.14. The number of aromatic nitrogens is 1. The molecule has 0 saturated heterocycles. The van der Waals surface area contributed by atoms with Crippen LogP contribution in [0.5, 0.6) is 5.88 Å². The lowest BCUT2D eigenvalue weighted by Gasteiger charge is -2.11. The molecular weight excluding hydrogens is 212 g/mol. The molecular formula is C14H24N2O. The zero-order chi connectivity index (χ0) is 12.7. The van der Waals surface area contributed by atoms with Crippen LogP contribution in [0.2, 0.25) is 0 Å². The van der Waals surface area contributed by atoms with Gasteiger partial charge in [0, 0.05) is 18.8 Å². The highest BCUT2D eigenvalue weighted by atomic mass is 16.5. The molecule has 3 heteroatoms. The van der Waals surface area contributed by atoms with E-state index in [1.807, 2.05) is 12.3 Å². The lowest BCUT2D eigenvalue weighted by Crippen LogP contribution is -2.15. The monoisotopic (exact) mass is 236 g/mol. The third-order valence-electron chi connectivity index (χ3n) is 2.94. The van der Waals surface area contributed by atoms with Crippen molar-refractivity contribution in [3.8, 4) is 5.88 Å². The minimum absolute atomic E-state index is 0.574. The van der Waals surface area contributed by atoms with Crippen LogP contribution in [-0.2, 0) is 0 Å². The summed E-state index contributed by atoms with van der Waals surface area (Å²) < 4.78 is 5.59. The molecule has 0 aliphatic carbocycles. The molecule has 0 amide bonds. The van der Waals surface area contributed by atoms with E-state index in [0.717, 1.165) is 31.9 Å². The quantitative estimate of drug-likeness (QED) is 0.681. The molecule has 96 valence electrons. The van der Waals surface area contributed by atoms with Crippen molar-refractivity contribution in [3.63, 3.8) is 0 Å².